The molecule has 1 atom stereocenters. The van der Waals surface area contributed by atoms with Crippen LogP contribution >= 0.6 is 0 Å². The lowest BCUT2D eigenvalue weighted by Crippen LogP contribution is -2.40. The topological polar surface area (TPSA) is 15.3 Å². The lowest BCUT2D eigenvalue weighted by molar-refractivity contribution is 0.149. The van der Waals surface area contributed by atoms with Crippen LogP contribution < -0.4 is 5.32 Å². The van der Waals surface area contributed by atoms with Crippen molar-refractivity contribution in [3.8, 4) is 0 Å². The first-order valence-electron chi connectivity index (χ1n) is 8.81. The zero-order valence-corrected chi connectivity index (χ0v) is 13.5. The number of aryl methyl sites for hydroxylation is 1. The molecular weight excluding hydrogens is 256 g/mol. The van der Waals surface area contributed by atoms with E-state index in [-0.39, 0.29) is 0 Å². The third-order valence-electron chi connectivity index (χ3n) is 5.27. The summed E-state index contributed by atoms with van der Waals surface area (Å²) in [7, 11) is 0. The Bertz CT molecular complexity index is 414. The van der Waals surface area contributed by atoms with Crippen molar-refractivity contribution in [1.82, 2.24) is 10.2 Å². The molecule has 21 heavy (non-hydrogen) atoms. The molecule has 116 valence electrons. The van der Waals surface area contributed by atoms with Gasteiger partial charge in [-0.05, 0) is 44.2 Å². The minimum atomic E-state index is 0.744. The standard InChI is InChI=1S/C19H30N2/c1-16-7-9-18(10-8-16)15-21(19-11-12-20-13-19)14-17-5-3-2-4-6-17/h7-10,17,19-20H,2-6,11-15H2,1H3. The van der Waals surface area contributed by atoms with Gasteiger partial charge in [0.05, 0.1) is 0 Å². The van der Waals surface area contributed by atoms with E-state index in [0.717, 1.165) is 18.5 Å². The van der Waals surface area contributed by atoms with Gasteiger partial charge in [0.25, 0.3) is 0 Å². The number of benzene rings is 1. The maximum Gasteiger partial charge on any atom is 0.0237 e. The van der Waals surface area contributed by atoms with E-state index in [4.69, 9.17) is 0 Å². The molecule has 2 fully saturated rings. The molecule has 1 N–H and O–H groups in total. The zero-order chi connectivity index (χ0) is 14.5. The Balaban J connectivity index is 1.64. The van der Waals surface area contributed by atoms with Crippen molar-refractivity contribution in [3.63, 3.8) is 0 Å². The fraction of sp³-hybridized carbons (Fsp3) is 0.684. The van der Waals surface area contributed by atoms with E-state index in [0.29, 0.717) is 0 Å². The molecule has 1 saturated carbocycles. The molecule has 0 amide bonds. The average Bonchev–Trinajstić information content (AvgIpc) is 3.04. The highest BCUT2D eigenvalue weighted by molar-refractivity contribution is 5.21. The molecule has 0 spiro atoms. The highest BCUT2D eigenvalue weighted by Crippen LogP contribution is 2.26. The van der Waals surface area contributed by atoms with E-state index in [9.17, 15) is 0 Å². The second-order valence-corrected chi connectivity index (χ2v) is 7.07. The number of nitrogens with one attached hydrogen (secondary N) is 1. The van der Waals surface area contributed by atoms with Crippen LogP contribution in [0.3, 0.4) is 0 Å². The van der Waals surface area contributed by atoms with E-state index in [1.165, 1.54) is 69.3 Å². The molecule has 3 rings (SSSR count). The first kappa shape index (κ1) is 15.1. The summed E-state index contributed by atoms with van der Waals surface area (Å²) in [4.78, 5) is 2.76. The van der Waals surface area contributed by atoms with Crippen LogP contribution in [-0.4, -0.2) is 30.6 Å². The predicted molar refractivity (Wildman–Crippen MR) is 89.4 cm³/mol. The SMILES string of the molecule is Cc1ccc(CN(CC2CCCCC2)C2CCNC2)cc1. The molecule has 1 saturated heterocycles. The molecule has 0 bridgehead atoms. The largest absolute Gasteiger partial charge is 0.315 e. The molecule has 1 unspecified atom stereocenters. The molecule has 1 aromatic carbocycles. The number of hydrogen-bond acceptors (Lipinski definition) is 2. The Morgan fingerprint density at radius 2 is 1.81 bits per heavy atom. The highest BCUT2D eigenvalue weighted by atomic mass is 15.2. The van der Waals surface area contributed by atoms with Crippen molar-refractivity contribution in [3.05, 3.63) is 35.4 Å². The molecule has 0 radical (unpaired) electrons. The van der Waals surface area contributed by atoms with Gasteiger partial charge in [0.15, 0.2) is 0 Å². The van der Waals surface area contributed by atoms with E-state index in [2.05, 4.69) is 41.4 Å². The lowest BCUT2D eigenvalue weighted by Gasteiger charge is -2.33. The Kier molecular flexibility index (Phi) is 5.32. The smallest absolute Gasteiger partial charge is 0.0237 e. The van der Waals surface area contributed by atoms with Crippen LogP contribution in [0.2, 0.25) is 0 Å². The van der Waals surface area contributed by atoms with Crippen LogP contribution in [0.25, 0.3) is 0 Å². The van der Waals surface area contributed by atoms with Crippen LogP contribution in [0.1, 0.15) is 49.7 Å². The van der Waals surface area contributed by atoms with Crippen molar-refractivity contribution in [1.29, 1.82) is 0 Å². The molecular formula is C19H30N2. The molecule has 2 heteroatoms. The predicted octanol–water partition coefficient (Wildman–Crippen LogP) is 3.74. The molecule has 1 aliphatic heterocycles. The van der Waals surface area contributed by atoms with E-state index in [1.807, 2.05) is 0 Å². The van der Waals surface area contributed by atoms with Crippen molar-refractivity contribution in [2.45, 2.75) is 58.0 Å². The first-order chi connectivity index (χ1) is 10.3. The highest BCUT2D eigenvalue weighted by Gasteiger charge is 2.25. The summed E-state index contributed by atoms with van der Waals surface area (Å²) in [6, 6.07) is 9.87. The summed E-state index contributed by atoms with van der Waals surface area (Å²) >= 11 is 0. The van der Waals surface area contributed by atoms with Gasteiger partial charge in [-0.2, -0.15) is 0 Å². The summed E-state index contributed by atoms with van der Waals surface area (Å²) in [5.41, 5.74) is 2.84. The molecule has 1 aliphatic carbocycles. The van der Waals surface area contributed by atoms with Gasteiger partial charge in [0.1, 0.15) is 0 Å². The van der Waals surface area contributed by atoms with Gasteiger partial charge < -0.3 is 5.32 Å². The van der Waals surface area contributed by atoms with Gasteiger partial charge in [-0.1, -0.05) is 49.1 Å². The molecule has 2 aliphatic rings. The van der Waals surface area contributed by atoms with Gasteiger partial charge in [-0.15, -0.1) is 0 Å². The second kappa shape index (κ2) is 7.42. The number of nitrogens with zero attached hydrogens (tertiary/aromatic N) is 1. The Morgan fingerprint density at radius 3 is 2.48 bits per heavy atom. The number of rotatable bonds is 5. The maximum atomic E-state index is 3.54. The van der Waals surface area contributed by atoms with Gasteiger partial charge in [-0.3, -0.25) is 4.90 Å². The maximum absolute atomic E-state index is 3.54. The van der Waals surface area contributed by atoms with E-state index in [1.54, 1.807) is 0 Å². The minimum Gasteiger partial charge on any atom is -0.315 e. The molecule has 2 nitrogen and oxygen atoms in total. The third kappa shape index (κ3) is 4.31. The van der Waals surface area contributed by atoms with Gasteiger partial charge >= 0.3 is 0 Å². The van der Waals surface area contributed by atoms with Gasteiger partial charge in [0, 0.05) is 25.7 Å². The van der Waals surface area contributed by atoms with Crippen LogP contribution in [0.15, 0.2) is 24.3 Å². The van der Waals surface area contributed by atoms with E-state index >= 15 is 0 Å². The van der Waals surface area contributed by atoms with Crippen LogP contribution in [0.4, 0.5) is 0 Å². The monoisotopic (exact) mass is 286 g/mol. The Hall–Kier alpha value is -0.860. The summed E-state index contributed by atoms with van der Waals surface area (Å²) in [5.74, 6) is 0.935. The number of hydrogen-bond donors (Lipinski definition) is 1. The summed E-state index contributed by atoms with van der Waals surface area (Å²) in [5, 5.41) is 3.54. The van der Waals surface area contributed by atoms with Crippen LogP contribution in [-0.2, 0) is 6.54 Å². The molecule has 1 aromatic rings. The zero-order valence-electron chi connectivity index (χ0n) is 13.5. The molecule has 1 heterocycles. The lowest BCUT2D eigenvalue weighted by atomic mass is 9.88. The van der Waals surface area contributed by atoms with Gasteiger partial charge in [0.2, 0.25) is 0 Å². The normalized spacial score (nSPS) is 23.8. The third-order valence-corrected chi connectivity index (χ3v) is 5.27. The average molecular weight is 286 g/mol. The second-order valence-electron chi connectivity index (χ2n) is 7.07. The van der Waals surface area contributed by atoms with Crippen LogP contribution in [0.5, 0.6) is 0 Å². The summed E-state index contributed by atoms with van der Waals surface area (Å²) < 4.78 is 0. The van der Waals surface area contributed by atoms with Gasteiger partial charge in [-0.25, -0.2) is 0 Å². The van der Waals surface area contributed by atoms with Crippen LogP contribution in [0, 0.1) is 12.8 Å². The Morgan fingerprint density at radius 1 is 1.05 bits per heavy atom. The Labute approximate surface area is 129 Å². The summed E-state index contributed by atoms with van der Waals surface area (Å²) in [6.45, 7) is 6.98. The van der Waals surface area contributed by atoms with Crippen molar-refractivity contribution < 1.29 is 0 Å². The van der Waals surface area contributed by atoms with E-state index < -0.39 is 0 Å². The van der Waals surface area contributed by atoms with Crippen molar-refractivity contribution in [2.75, 3.05) is 19.6 Å². The fourth-order valence-electron chi connectivity index (χ4n) is 3.92. The molecule has 0 aromatic heterocycles. The van der Waals surface area contributed by atoms with Crippen molar-refractivity contribution in [2.24, 2.45) is 5.92 Å². The minimum absolute atomic E-state index is 0.744. The summed E-state index contributed by atoms with van der Waals surface area (Å²) in [6.07, 6.45) is 8.57. The van der Waals surface area contributed by atoms with Crippen molar-refractivity contribution >= 4 is 0 Å². The quantitative estimate of drug-likeness (QED) is 0.887. The first-order valence-corrected chi connectivity index (χ1v) is 8.81. The fourth-order valence-corrected chi connectivity index (χ4v) is 3.92.